The maximum absolute atomic E-state index is 13.4. The first kappa shape index (κ1) is 15.0. The van der Waals surface area contributed by atoms with Crippen molar-refractivity contribution in [3.8, 4) is 0 Å². The van der Waals surface area contributed by atoms with Gasteiger partial charge in [-0.3, -0.25) is 0 Å². The summed E-state index contributed by atoms with van der Waals surface area (Å²) in [6.07, 6.45) is 0. The second kappa shape index (κ2) is 5.94. The highest BCUT2D eigenvalue weighted by Crippen LogP contribution is 2.27. The minimum atomic E-state index is -0.487. The molecule has 0 radical (unpaired) electrons. The Kier molecular flexibility index (Phi) is 4.45. The van der Waals surface area contributed by atoms with Gasteiger partial charge in [0.05, 0.1) is 5.02 Å². The summed E-state index contributed by atoms with van der Waals surface area (Å²) in [5, 5.41) is 3.51. The van der Waals surface area contributed by atoms with Gasteiger partial charge in [0.15, 0.2) is 0 Å². The van der Waals surface area contributed by atoms with Gasteiger partial charge in [-0.2, -0.15) is 0 Å². The third-order valence-corrected chi connectivity index (χ3v) is 3.48. The van der Waals surface area contributed by atoms with Gasteiger partial charge in [-0.05, 0) is 25.1 Å². The lowest BCUT2D eigenvalue weighted by atomic mass is 10.2. The summed E-state index contributed by atoms with van der Waals surface area (Å²) in [4.78, 5) is 8.64. The van der Waals surface area contributed by atoms with Crippen molar-refractivity contribution in [1.29, 1.82) is 0 Å². The average molecular weight is 314 g/mol. The summed E-state index contributed by atoms with van der Waals surface area (Å²) in [5.41, 5.74) is 1.27. The van der Waals surface area contributed by atoms with Crippen molar-refractivity contribution >= 4 is 34.7 Å². The monoisotopic (exact) mass is 313 g/mol. The van der Waals surface area contributed by atoms with Crippen LogP contribution in [0, 0.1) is 12.7 Å². The molecule has 0 aliphatic carbocycles. The molecule has 0 unspecified atom stereocenters. The number of benzene rings is 1. The summed E-state index contributed by atoms with van der Waals surface area (Å²) >= 11 is 11.8. The lowest BCUT2D eigenvalue weighted by molar-refractivity contribution is 0.629. The van der Waals surface area contributed by atoms with Crippen LogP contribution in [0.1, 0.15) is 31.2 Å². The molecule has 1 aromatic heterocycles. The molecule has 1 N–H and O–H groups in total. The maximum Gasteiger partial charge on any atom is 0.143 e. The standard InChI is InChI=1S/C14H14Cl2FN3/c1-7(2)13-19-12(16)8(3)14(20-13)18-9-4-5-10(15)11(17)6-9/h4-7H,1-3H3,(H,18,19,20). The van der Waals surface area contributed by atoms with Crippen molar-refractivity contribution in [2.75, 3.05) is 5.32 Å². The summed E-state index contributed by atoms with van der Waals surface area (Å²) in [5.74, 6) is 0.863. The molecular weight excluding hydrogens is 300 g/mol. The van der Waals surface area contributed by atoms with E-state index >= 15 is 0 Å². The van der Waals surface area contributed by atoms with Crippen LogP contribution in [0.4, 0.5) is 15.9 Å². The first-order valence-electron chi connectivity index (χ1n) is 6.14. The molecule has 0 aliphatic rings. The van der Waals surface area contributed by atoms with E-state index in [9.17, 15) is 4.39 Å². The number of hydrogen-bond donors (Lipinski definition) is 1. The number of halogens is 3. The molecule has 2 aromatic rings. The third kappa shape index (κ3) is 3.19. The summed E-state index contributed by atoms with van der Waals surface area (Å²) in [6.45, 7) is 5.76. The third-order valence-electron chi connectivity index (χ3n) is 2.80. The number of nitrogens with zero attached hydrogens (tertiary/aromatic N) is 2. The number of hydrogen-bond acceptors (Lipinski definition) is 3. The van der Waals surface area contributed by atoms with Gasteiger partial charge in [0.1, 0.15) is 22.6 Å². The normalized spacial score (nSPS) is 10.9. The topological polar surface area (TPSA) is 37.8 Å². The van der Waals surface area contributed by atoms with Crippen LogP contribution in [-0.4, -0.2) is 9.97 Å². The van der Waals surface area contributed by atoms with Crippen molar-refractivity contribution in [2.45, 2.75) is 26.7 Å². The zero-order chi connectivity index (χ0) is 14.9. The van der Waals surface area contributed by atoms with Crippen LogP contribution >= 0.6 is 23.2 Å². The Balaban J connectivity index is 2.39. The van der Waals surface area contributed by atoms with Gasteiger partial charge >= 0.3 is 0 Å². The summed E-state index contributed by atoms with van der Waals surface area (Å²) in [7, 11) is 0. The van der Waals surface area contributed by atoms with Gasteiger partial charge in [-0.25, -0.2) is 14.4 Å². The Labute approximate surface area is 127 Å². The van der Waals surface area contributed by atoms with Crippen molar-refractivity contribution < 1.29 is 4.39 Å². The van der Waals surface area contributed by atoms with Crippen LogP contribution in [0.25, 0.3) is 0 Å². The van der Waals surface area contributed by atoms with E-state index in [4.69, 9.17) is 23.2 Å². The van der Waals surface area contributed by atoms with Gasteiger partial charge < -0.3 is 5.32 Å². The maximum atomic E-state index is 13.4. The average Bonchev–Trinajstić information content (AvgIpc) is 2.38. The van der Waals surface area contributed by atoms with Gasteiger partial charge in [-0.15, -0.1) is 0 Å². The summed E-state index contributed by atoms with van der Waals surface area (Å²) in [6, 6.07) is 4.48. The van der Waals surface area contributed by atoms with Crippen molar-refractivity contribution in [1.82, 2.24) is 9.97 Å². The van der Waals surface area contributed by atoms with Crippen LogP contribution in [0.15, 0.2) is 18.2 Å². The fourth-order valence-corrected chi connectivity index (χ4v) is 1.89. The van der Waals surface area contributed by atoms with E-state index in [-0.39, 0.29) is 10.9 Å². The predicted molar refractivity (Wildman–Crippen MR) is 80.6 cm³/mol. The van der Waals surface area contributed by atoms with E-state index in [0.29, 0.717) is 28.0 Å². The zero-order valence-corrected chi connectivity index (χ0v) is 12.8. The quantitative estimate of drug-likeness (QED) is 0.801. The molecule has 6 heteroatoms. The second-order valence-electron chi connectivity index (χ2n) is 4.75. The van der Waals surface area contributed by atoms with Crippen molar-refractivity contribution in [3.05, 3.63) is 45.6 Å². The van der Waals surface area contributed by atoms with Crippen LogP contribution in [0.3, 0.4) is 0 Å². The molecule has 0 spiro atoms. The smallest absolute Gasteiger partial charge is 0.143 e. The predicted octanol–water partition coefficient (Wildman–Crippen LogP) is 5.10. The molecule has 0 saturated heterocycles. The number of nitrogens with one attached hydrogen (secondary N) is 1. The molecule has 2 rings (SSSR count). The lowest BCUT2D eigenvalue weighted by Gasteiger charge is -2.13. The van der Waals surface area contributed by atoms with Crippen molar-refractivity contribution in [3.63, 3.8) is 0 Å². The minimum absolute atomic E-state index is 0.0795. The Hall–Kier alpha value is -1.39. The second-order valence-corrected chi connectivity index (χ2v) is 5.52. The number of aromatic nitrogens is 2. The lowest BCUT2D eigenvalue weighted by Crippen LogP contribution is -2.05. The van der Waals surface area contributed by atoms with Crippen LogP contribution < -0.4 is 5.32 Å². The molecule has 1 aromatic carbocycles. The molecule has 3 nitrogen and oxygen atoms in total. The van der Waals surface area contributed by atoms with Gasteiger partial charge in [0, 0.05) is 17.2 Å². The number of rotatable bonds is 3. The molecule has 0 atom stereocenters. The minimum Gasteiger partial charge on any atom is -0.340 e. The Morgan fingerprint density at radius 1 is 1.20 bits per heavy atom. The molecule has 0 saturated carbocycles. The molecule has 1 heterocycles. The molecule has 106 valence electrons. The van der Waals surface area contributed by atoms with Gasteiger partial charge in [0.2, 0.25) is 0 Å². The molecule has 0 amide bonds. The van der Waals surface area contributed by atoms with Crippen LogP contribution in [0.2, 0.25) is 10.2 Å². The van der Waals surface area contributed by atoms with E-state index in [0.717, 1.165) is 0 Å². The van der Waals surface area contributed by atoms with Crippen molar-refractivity contribution in [2.24, 2.45) is 0 Å². The SMILES string of the molecule is Cc1c(Cl)nc(C(C)C)nc1Nc1ccc(Cl)c(F)c1. The van der Waals surface area contributed by atoms with Crippen LogP contribution in [0.5, 0.6) is 0 Å². The molecule has 20 heavy (non-hydrogen) atoms. The largest absolute Gasteiger partial charge is 0.340 e. The highest BCUT2D eigenvalue weighted by molar-refractivity contribution is 6.31. The summed E-state index contributed by atoms with van der Waals surface area (Å²) < 4.78 is 13.4. The zero-order valence-electron chi connectivity index (χ0n) is 11.3. The van der Waals surface area contributed by atoms with Gasteiger partial charge in [-0.1, -0.05) is 37.0 Å². The fraction of sp³-hybridized carbons (Fsp3) is 0.286. The van der Waals surface area contributed by atoms with E-state index in [1.807, 2.05) is 13.8 Å². The highest BCUT2D eigenvalue weighted by Gasteiger charge is 2.12. The number of anilines is 2. The van der Waals surface area contributed by atoms with Crippen LogP contribution in [-0.2, 0) is 0 Å². The first-order chi connectivity index (χ1) is 9.38. The Morgan fingerprint density at radius 3 is 2.50 bits per heavy atom. The first-order valence-corrected chi connectivity index (χ1v) is 6.90. The molecule has 0 bridgehead atoms. The highest BCUT2D eigenvalue weighted by atomic mass is 35.5. The van der Waals surface area contributed by atoms with E-state index in [2.05, 4.69) is 15.3 Å². The van der Waals surface area contributed by atoms with Gasteiger partial charge in [0.25, 0.3) is 0 Å². The van der Waals surface area contributed by atoms with E-state index < -0.39 is 5.82 Å². The Bertz CT molecular complexity index is 645. The van der Waals surface area contributed by atoms with E-state index in [1.54, 1.807) is 13.0 Å². The molecule has 0 fully saturated rings. The Morgan fingerprint density at radius 2 is 1.90 bits per heavy atom. The molecular formula is C14H14Cl2FN3. The molecule has 0 aliphatic heterocycles. The van der Waals surface area contributed by atoms with E-state index in [1.165, 1.54) is 12.1 Å². The fourth-order valence-electron chi connectivity index (χ4n) is 1.60.